The molecule has 7 heteroatoms. The number of nitrogens with one attached hydrogen (secondary N) is 1. The van der Waals surface area contributed by atoms with E-state index in [-0.39, 0.29) is 0 Å². The van der Waals surface area contributed by atoms with Crippen LogP contribution in [-0.4, -0.2) is 14.6 Å². The molecule has 0 atom stereocenters. The Bertz CT molecular complexity index is 1040. The fraction of sp³-hybridized carbons (Fsp3) is 0. The maximum absolute atomic E-state index is 13.5. The number of hydrogen-bond acceptors (Lipinski definition) is 4. The first-order valence-corrected chi connectivity index (χ1v) is 7.53. The number of nitrogens with two attached hydrogens (primary N) is 1. The van der Waals surface area contributed by atoms with E-state index in [0.29, 0.717) is 28.5 Å². The molecule has 0 saturated carbocycles. The van der Waals surface area contributed by atoms with Crippen molar-refractivity contribution in [2.45, 2.75) is 0 Å². The predicted octanol–water partition coefficient (Wildman–Crippen LogP) is 4.00. The van der Waals surface area contributed by atoms with E-state index >= 15 is 0 Å². The molecule has 0 amide bonds. The maximum atomic E-state index is 13.5. The van der Waals surface area contributed by atoms with Crippen molar-refractivity contribution in [3.05, 3.63) is 72.3 Å². The van der Waals surface area contributed by atoms with Gasteiger partial charge in [0, 0.05) is 23.0 Å². The molecule has 2 aromatic carbocycles. The zero-order valence-electron chi connectivity index (χ0n) is 12.9. The summed E-state index contributed by atoms with van der Waals surface area (Å²) in [6.07, 6.45) is 0. The fourth-order valence-corrected chi connectivity index (χ4v) is 2.57. The van der Waals surface area contributed by atoms with E-state index in [9.17, 15) is 8.78 Å². The van der Waals surface area contributed by atoms with Crippen molar-refractivity contribution in [1.29, 1.82) is 0 Å². The minimum atomic E-state index is -0.646. The van der Waals surface area contributed by atoms with Crippen LogP contribution >= 0.6 is 0 Å². The molecular formula is C18H13F2N5. The van der Waals surface area contributed by atoms with Crippen molar-refractivity contribution >= 4 is 23.0 Å². The molecule has 4 rings (SSSR count). The summed E-state index contributed by atoms with van der Waals surface area (Å²) in [6.45, 7) is 0. The lowest BCUT2D eigenvalue weighted by Gasteiger charge is -2.04. The standard InChI is InChI=1S/C18H13F2N5/c19-12-8-11(9-13(20)10-12)16-2-1-3-17-23-18(24-25(16)17)22-15-6-4-14(21)5-7-15/h1-10H,21H2,(H,22,24). The Morgan fingerprint density at radius 1 is 0.920 bits per heavy atom. The third-order valence-electron chi connectivity index (χ3n) is 3.68. The normalized spacial score (nSPS) is 11.0. The van der Waals surface area contributed by atoms with Crippen molar-refractivity contribution in [2.75, 3.05) is 11.1 Å². The number of rotatable bonds is 3. The second kappa shape index (κ2) is 5.86. The molecule has 5 nitrogen and oxygen atoms in total. The van der Waals surface area contributed by atoms with Gasteiger partial charge in [0.15, 0.2) is 5.65 Å². The molecule has 0 saturated heterocycles. The van der Waals surface area contributed by atoms with Crippen molar-refractivity contribution in [2.24, 2.45) is 0 Å². The number of hydrogen-bond donors (Lipinski definition) is 2. The van der Waals surface area contributed by atoms with Gasteiger partial charge in [0.2, 0.25) is 5.95 Å². The number of nitrogen functional groups attached to an aromatic ring is 1. The average Bonchev–Trinajstić information content (AvgIpc) is 2.98. The number of pyridine rings is 1. The van der Waals surface area contributed by atoms with Crippen LogP contribution in [0, 0.1) is 11.6 Å². The summed E-state index contributed by atoms with van der Waals surface area (Å²) in [5, 5.41) is 7.46. The van der Waals surface area contributed by atoms with Gasteiger partial charge in [-0.2, -0.15) is 4.98 Å². The SMILES string of the molecule is Nc1ccc(Nc2nc3cccc(-c4cc(F)cc(F)c4)n3n2)cc1. The van der Waals surface area contributed by atoms with E-state index in [0.717, 1.165) is 11.8 Å². The van der Waals surface area contributed by atoms with E-state index in [1.807, 2.05) is 12.1 Å². The van der Waals surface area contributed by atoms with Crippen LogP contribution in [0.25, 0.3) is 16.9 Å². The van der Waals surface area contributed by atoms with Gasteiger partial charge < -0.3 is 11.1 Å². The van der Waals surface area contributed by atoms with Gasteiger partial charge in [0.05, 0.1) is 5.69 Å². The van der Waals surface area contributed by atoms with Crippen LogP contribution in [0.3, 0.4) is 0 Å². The molecule has 0 aliphatic rings. The smallest absolute Gasteiger partial charge is 0.247 e. The van der Waals surface area contributed by atoms with Gasteiger partial charge >= 0.3 is 0 Å². The summed E-state index contributed by atoms with van der Waals surface area (Å²) in [7, 11) is 0. The minimum absolute atomic E-state index is 0.370. The van der Waals surface area contributed by atoms with Crippen LogP contribution in [0.2, 0.25) is 0 Å². The Hall–Kier alpha value is -3.48. The summed E-state index contributed by atoms with van der Waals surface area (Å²) in [5.74, 6) is -0.922. The highest BCUT2D eigenvalue weighted by molar-refractivity contribution is 5.65. The molecule has 0 radical (unpaired) electrons. The Labute approximate surface area is 141 Å². The first-order valence-electron chi connectivity index (χ1n) is 7.53. The molecule has 0 unspecified atom stereocenters. The molecule has 0 fully saturated rings. The van der Waals surface area contributed by atoms with Gasteiger partial charge in [-0.3, -0.25) is 0 Å². The summed E-state index contributed by atoms with van der Waals surface area (Å²) in [4.78, 5) is 4.38. The summed E-state index contributed by atoms with van der Waals surface area (Å²) >= 11 is 0. The summed E-state index contributed by atoms with van der Waals surface area (Å²) in [5.41, 5.74) is 8.58. The zero-order valence-corrected chi connectivity index (χ0v) is 12.9. The lowest BCUT2D eigenvalue weighted by Crippen LogP contribution is -1.96. The Morgan fingerprint density at radius 2 is 1.64 bits per heavy atom. The van der Waals surface area contributed by atoms with Crippen LogP contribution in [-0.2, 0) is 0 Å². The average molecular weight is 337 g/mol. The number of benzene rings is 2. The van der Waals surface area contributed by atoms with E-state index < -0.39 is 11.6 Å². The van der Waals surface area contributed by atoms with Gasteiger partial charge in [0.1, 0.15) is 11.6 Å². The molecule has 0 spiro atoms. The summed E-state index contributed by atoms with van der Waals surface area (Å²) < 4.78 is 28.6. The quantitative estimate of drug-likeness (QED) is 0.555. The number of fused-ring (bicyclic) bond motifs is 1. The van der Waals surface area contributed by atoms with Gasteiger partial charge in [-0.05, 0) is 48.5 Å². The number of nitrogens with zero attached hydrogens (tertiary/aromatic N) is 3. The van der Waals surface area contributed by atoms with Crippen LogP contribution in [0.4, 0.5) is 26.1 Å². The molecular weight excluding hydrogens is 324 g/mol. The number of halogens is 2. The highest BCUT2D eigenvalue weighted by Crippen LogP contribution is 2.24. The fourth-order valence-electron chi connectivity index (χ4n) is 2.57. The van der Waals surface area contributed by atoms with Crippen molar-refractivity contribution < 1.29 is 8.78 Å². The molecule has 124 valence electrons. The predicted molar refractivity (Wildman–Crippen MR) is 92.5 cm³/mol. The minimum Gasteiger partial charge on any atom is -0.399 e. The number of anilines is 3. The highest BCUT2D eigenvalue weighted by Gasteiger charge is 2.11. The molecule has 2 heterocycles. The lowest BCUT2D eigenvalue weighted by molar-refractivity contribution is 0.584. The third kappa shape index (κ3) is 2.99. The van der Waals surface area contributed by atoms with E-state index in [1.54, 1.807) is 30.3 Å². The Balaban J connectivity index is 1.77. The highest BCUT2D eigenvalue weighted by atomic mass is 19.1. The van der Waals surface area contributed by atoms with Gasteiger partial charge in [0.25, 0.3) is 0 Å². The molecule has 4 aromatic rings. The van der Waals surface area contributed by atoms with E-state index in [1.165, 1.54) is 16.6 Å². The van der Waals surface area contributed by atoms with E-state index in [4.69, 9.17) is 5.73 Å². The van der Waals surface area contributed by atoms with Gasteiger partial charge in [-0.1, -0.05) is 6.07 Å². The second-order valence-corrected chi connectivity index (χ2v) is 5.52. The molecule has 2 aromatic heterocycles. The third-order valence-corrected chi connectivity index (χ3v) is 3.68. The van der Waals surface area contributed by atoms with Crippen LogP contribution in [0.15, 0.2) is 60.7 Å². The van der Waals surface area contributed by atoms with Crippen molar-refractivity contribution in [3.8, 4) is 11.3 Å². The first kappa shape index (κ1) is 15.1. The summed E-state index contributed by atoms with van der Waals surface area (Å²) in [6, 6.07) is 15.7. The Morgan fingerprint density at radius 3 is 2.36 bits per heavy atom. The largest absolute Gasteiger partial charge is 0.399 e. The zero-order chi connectivity index (χ0) is 17.4. The topological polar surface area (TPSA) is 68.2 Å². The van der Waals surface area contributed by atoms with Gasteiger partial charge in [-0.15, -0.1) is 5.10 Å². The van der Waals surface area contributed by atoms with Gasteiger partial charge in [-0.25, -0.2) is 13.3 Å². The van der Waals surface area contributed by atoms with Crippen molar-refractivity contribution in [3.63, 3.8) is 0 Å². The maximum Gasteiger partial charge on any atom is 0.247 e. The molecule has 0 bridgehead atoms. The Kier molecular flexibility index (Phi) is 3.53. The van der Waals surface area contributed by atoms with Crippen LogP contribution in [0.5, 0.6) is 0 Å². The number of aromatic nitrogens is 3. The molecule has 0 aliphatic carbocycles. The monoisotopic (exact) mass is 337 g/mol. The molecule has 25 heavy (non-hydrogen) atoms. The van der Waals surface area contributed by atoms with Crippen molar-refractivity contribution in [1.82, 2.24) is 14.6 Å². The van der Waals surface area contributed by atoms with Crippen LogP contribution < -0.4 is 11.1 Å². The first-order chi connectivity index (χ1) is 12.1. The second-order valence-electron chi connectivity index (χ2n) is 5.52. The van der Waals surface area contributed by atoms with Crippen LogP contribution in [0.1, 0.15) is 0 Å². The lowest BCUT2D eigenvalue weighted by atomic mass is 10.1. The molecule has 3 N–H and O–H groups in total. The van der Waals surface area contributed by atoms with E-state index in [2.05, 4.69) is 15.4 Å². The molecule has 0 aliphatic heterocycles.